The van der Waals surface area contributed by atoms with Crippen LogP contribution >= 0.6 is 12.2 Å². The van der Waals surface area contributed by atoms with Crippen LogP contribution in [0.4, 0.5) is 0 Å². The summed E-state index contributed by atoms with van der Waals surface area (Å²) >= 11 is 4.77. The zero-order valence-electron chi connectivity index (χ0n) is 10.3. The van der Waals surface area contributed by atoms with Gasteiger partial charge in [-0.05, 0) is 31.0 Å². The first-order valence-electron chi connectivity index (χ1n) is 5.94. The largest absolute Gasteiger partial charge is 0.393 e. The Kier molecular flexibility index (Phi) is 4.35. The first-order valence-corrected chi connectivity index (χ1v) is 6.35. The number of benzene rings is 1. The summed E-state index contributed by atoms with van der Waals surface area (Å²) in [6, 6.07) is 5.25. The fraction of sp³-hybridized carbons (Fsp3) is 0.231. The van der Waals surface area contributed by atoms with Crippen LogP contribution in [-0.4, -0.2) is 27.4 Å². The number of hydrogen-bond donors (Lipinski definition) is 2. The molecule has 0 bridgehead atoms. The van der Waals surface area contributed by atoms with Crippen molar-refractivity contribution in [3.05, 3.63) is 36.2 Å². The van der Waals surface area contributed by atoms with Crippen LogP contribution in [0.25, 0.3) is 11.0 Å². The van der Waals surface area contributed by atoms with E-state index in [9.17, 15) is 4.79 Å². The average molecular weight is 274 g/mol. The van der Waals surface area contributed by atoms with Crippen LogP contribution in [0.1, 0.15) is 23.2 Å². The first kappa shape index (κ1) is 13.4. The van der Waals surface area contributed by atoms with Crippen molar-refractivity contribution in [3.63, 3.8) is 0 Å². The van der Waals surface area contributed by atoms with Gasteiger partial charge in [-0.3, -0.25) is 14.8 Å². The third-order valence-corrected chi connectivity index (χ3v) is 2.82. The molecule has 0 saturated carbocycles. The molecule has 5 nitrogen and oxygen atoms in total. The number of aromatic nitrogens is 2. The molecule has 1 aromatic carbocycles. The van der Waals surface area contributed by atoms with Crippen LogP contribution in [0.5, 0.6) is 0 Å². The van der Waals surface area contributed by atoms with Crippen molar-refractivity contribution >= 4 is 34.1 Å². The highest BCUT2D eigenvalue weighted by Crippen LogP contribution is 2.10. The summed E-state index contributed by atoms with van der Waals surface area (Å²) in [5, 5.41) is 2.82. The van der Waals surface area contributed by atoms with Gasteiger partial charge in [0, 0.05) is 24.5 Å². The number of carbonyl (C=O) groups excluding carboxylic acids is 1. The molecule has 0 aliphatic heterocycles. The summed E-state index contributed by atoms with van der Waals surface area (Å²) in [7, 11) is 0. The van der Waals surface area contributed by atoms with E-state index in [2.05, 4.69) is 15.3 Å². The molecule has 0 fully saturated rings. The Labute approximate surface area is 116 Å². The maximum Gasteiger partial charge on any atom is 0.251 e. The standard InChI is InChI=1S/C13H14N4OS/c14-12(19)2-1-5-17-13(18)9-3-4-10-11(8-9)16-7-6-15-10/h3-4,6-8H,1-2,5H2,(H2,14,19)(H,17,18). The predicted octanol–water partition coefficient (Wildman–Crippen LogP) is 1.43. The molecule has 6 heteroatoms. The number of nitrogens with one attached hydrogen (secondary N) is 1. The molecule has 19 heavy (non-hydrogen) atoms. The molecule has 1 heterocycles. The van der Waals surface area contributed by atoms with Crippen LogP contribution < -0.4 is 11.1 Å². The molecule has 0 aliphatic carbocycles. The lowest BCUT2D eigenvalue weighted by Crippen LogP contribution is -2.25. The number of nitrogens with two attached hydrogens (primary N) is 1. The molecule has 1 amide bonds. The summed E-state index contributed by atoms with van der Waals surface area (Å²) in [5.41, 5.74) is 7.44. The Hall–Kier alpha value is -2.08. The van der Waals surface area contributed by atoms with Gasteiger partial charge in [0.05, 0.1) is 16.0 Å². The zero-order valence-corrected chi connectivity index (χ0v) is 11.1. The topological polar surface area (TPSA) is 80.9 Å². The second-order valence-electron chi connectivity index (χ2n) is 4.09. The van der Waals surface area contributed by atoms with Gasteiger partial charge in [0.25, 0.3) is 5.91 Å². The average Bonchev–Trinajstić information content (AvgIpc) is 2.42. The monoisotopic (exact) mass is 274 g/mol. The Balaban J connectivity index is 1.99. The van der Waals surface area contributed by atoms with Crippen molar-refractivity contribution in [3.8, 4) is 0 Å². The van der Waals surface area contributed by atoms with Crippen molar-refractivity contribution in [2.45, 2.75) is 12.8 Å². The third kappa shape index (κ3) is 3.69. The Morgan fingerprint density at radius 3 is 2.74 bits per heavy atom. The van der Waals surface area contributed by atoms with Gasteiger partial charge in [0.1, 0.15) is 0 Å². The number of fused-ring (bicyclic) bond motifs is 1. The van der Waals surface area contributed by atoms with Gasteiger partial charge in [-0.2, -0.15) is 0 Å². The Bertz CT molecular complexity index is 614. The molecule has 0 unspecified atom stereocenters. The maximum absolute atomic E-state index is 11.9. The molecule has 3 N–H and O–H groups in total. The second-order valence-corrected chi connectivity index (χ2v) is 4.61. The summed E-state index contributed by atoms with van der Waals surface area (Å²) < 4.78 is 0. The van der Waals surface area contributed by atoms with E-state index in [-0.39, 0.29) is 5.91 Å². The highest BCUT2D eigenvalue weighted by molar-refractivity contribution is 7.80. The van der Waals surface area contributed by atoms with Gasteiger partial charge in [-0.15, -0.1) is 0 Å². The summed E-state index contributed by atoms with van der Waals surface area (Å²) in [6.07, 6.45) is 4.61. The van der Waals surface area contributed by atoms with Gasteiger partial charge in [-0.25, -0.2) is 0 Å². The summed E-state index contributed by atoms with van der Waals surface area (Å²) in [6.45, 7) is 0.550. The number of thiocarbonyl (C=S) groups is 1. The van der Waals surface area contributed by atoms with E-state index in [4.69, 9.17) is 18.0 Å². The Morgan fingerprint density at radius 2 is 2.00 bits per heavy atom. The number of rotatable bonds is 5. The quantitative estimate of drug-likeness (QED) is 0.636. The molecule has 0 aliphatic rings. The van der Waals surface area contributed by atoms with Crippen molar-refractivity contribution < 1.29 is 4.79 Å². The lowest BCUT2D eigenvalue weighted by Gasteiger charge is -2.05. The molecule has 0 saturated heterocycles. The lowest BCUT2D eigenvalue weighted by atomic mass is 10.2. The molecular weight excluding hydrogens is 260 g/mol. The van der Waals surface area contributed by atoms with E-state index >= 15 is 0 Å². The van der Waals surface area contributed by atoms with E-state index in [0.29, 0.717) is 29.0 Å². The number of amides is 1. The van der Waals surface area contributed by atoms with E-state index in [1.165, 1.54) is 0 Å². The smallest absolute Gasteiger partial charge is 0.251 e. The number of nitrogens with zero attached hydrogens (tertiary/aromatic N) is 2. The molecule has 1 aromatic heterocycles. The highest BCUT2D eigenvalue weighted by atomic mass is 32.1. The maximum atomic E-state index is 11.9. The van der Waals surface area contributed by atoms with Crippen LogP contribution in [0.3, 0.4) is 0 Å². The molecule has 2 rings (SSSR count). The fourth-order valence-electron chi connectivity index (χ4n) is 1.67. The van der Waals surface area contributed by atoms with Gasteiger partial charge >= 0.3 is 0 Å². The van der Waals surface area contributed by atoms with Crippen LogP contribution in [0, 0.1) is 0 Å². The second kappa shape index (κ2) is 6.19. The predicted molar refractivity (Wildman–Crippen MR) is 77.9 cm³/mol. The lowest BCUT2D eigenvalue weighted by molar-refractivity contribution is 0.0953. The van der Waals surface area contributed by atoms with Crippen molar-refractivity contribution in [1.29, 1.82) is 0 Å². The van der Waals surface area contributed by atoms with Gasteiger partial charge in [0.15, 0.2) is 0 Å². The molecule has 0 atom stereocenters. The fourth-order valence-corrected chi connectivity index (χ4v) is 1.82. The number of carbonyl (C=O) groups is 1. The van der Waals surface area contributed by atoms with Crippen molar-refractivity contribution in [1.82, 2.24) is 15.3 Å². The van der Waals surface area contributed by atoms with E-state index in [1.807, 2.05) is 0 Å². The van der Waals surface area contributed by atoms with E-state index in [1.54, 1.807) is 30.6 Å². The van der Waals surface area contributed by atoms with Crippen molar-refractivity contribution in [2.24, 2.45) is 5.73 Å². The van der Waals surface area contributed by atoms with Crippen LogP contribution in [0.15, 0.2) is 30.6 Å². The zero-order chi connectivity index (χ0) is 13.7. The van der Waals surface area contributed by atoms with E-state index in [0.717, 1.165) is 11.9 Å². The molecular formula is C13H14N4OS. The molecule has 0 radical (unpaired) electrons. The van der Waals surface area contributed by atoms with Gasteiger partial charge < -0.3 is 11.1 Å². The minimum Gasteiger partial charge on any atom is -0.393 e. The minimum absolute atomic E-state index is 0.129. The highest BCUT2D eigenvalue weighted by Gasteiger charge is 2.06. The molecule has 2 aromatic rings. The van der Waals surface area contributed by atoms with Gasteiger partial charge in [0.2, 0.25) is 0 Å². The molecule has 98 valence electrons. The summed E-state index contributed by atoms with van der Waals surface area (Å²) in [4.78, 5) is 20.7. The van der Waals surface area contributed by atoms with Crippen LogP contribution in [0.2, 0.25) is 0 Å². The summed E-state index contributed by atoms with van der Waals surface area (Å²) in [5.74, 6) is -0.129. The minimum atomic E-state index is -0.129. The van der Waals surface area contributed by atoms with Gasteiger partial charge in [-0.1, -0.05) is 12.2 Å². The van der Waals surface area contributed by atoms with E-state index < -0.39 is 0 Å². The normalized spacial score (nSPS) is 10.3. The third-order valence-electron chi connectivity index (χ3n) is 2.62. The van der Waals surface area contributed by atoms with Crippen molar-refractivity contribution in [2.75, 3.05) is 6.54 Å². The SMILES string of the molecule is NC(=S)CCCNC(=O)c1ccc2nccnc2c1. The Morgan fingerprint density at radius 1 is 1.26 bits per heavy atom. The van der Waals surface area contributed by atoms with Crippen LogP contribution in [-0.2, 0) is 0 Å². The first-order chi connectivity index (χ1) is 9.16. The molecule has 0 spiro atoms. The number of hydrogen-bond acceptors (Lipinski definition) is 4.